The number of amides is 2. The second-order valence-corrected chi connectivity index (χ2v) is 8.01. The van der Waals surface area contributed by atoms with Crippen LogP contribution in [0.3, 0.4) is 0 Å². The summed E-state index contributed by atoms with van der Waals surface area (Å²) in [5.41, 5.74) is 1.32. The molecule has 1 aromatic carbocycles. The third kappa shape index (κ3) is 3.81. The molecular formula is C21H23FN6O3. The zero-order valence-electron chi connectivity index (χ0n) is 17.4. The van der Waals surface area contributed by atoms with Crippen LogP contribution in [0.15, 0.2) is 36.8 Å². The summed E-state index contributed by atoms with van der Waals surface area (Å²) in [5.74, 6) is -0.708. The van der Waals surface area contributed by atoms with Crippen LogP contribution in [-0.4, -0.2) is 61.8 Å². The van der Waals surface area contributed by atoms with Gasteiger partial charge in [0.05, 0.1) is 29.7 Å². The average molecular weight is 426 g/mol. The maximum absolute atomic E-state index is 14.3. The molecule has 31 heavy (non-hydrogen) atoms. The lowest BCUT2D eigenvalue weighted by molar-refractivity contribution is -0.0159. The second-order valence-electron chi connectivity index (χ2n) is 8.01. The van der Waals surface area contributed by atoms with Crippen molar-refractivity contribution < 1.29 is 19.1 Å². The van der Waals surface area contributed by atoms with Crippen LogP contribution in [0.2, 0.25) is 0 Å². The smallest absolute Gasteiger partial charge is 0.261 e. The number of halogens is 1. The Balaban J connectivity index is 1.59. The van der Waals surface area contributed by atoms with Crippen LogP contribution in [0.5, 0.6) is 0 Å². The normalized spacial score (nSPS) is 14.6. The van der Waals surface area contributed by atoms with E-state index in [1.165, 1.54) is 29.5 Å². The van der Waals surface area contributed by atoms with Gasteiger partial charge in [0.1, 0.15) is 11.7 Å². The SMILES string of the molecule is CNc1cc2c(cc1NC(=O)c1cnn3cccnc13)CN(CC(F)C(C)(C)O)C2=O. The molecule has 3 aromatic rings. The second kappa shape index (κ2) is 7.62. The number of nitrogens with zero attached hydrogens (tertiary/aromatic N) is 4. The van der Waals surface area contributed by atoms with Gasteiger partial charge in [0.25, 0.3) is 11.8 Å². The molecule has 3 heterocycles. The van der Waals surface area contributed by atoms with Gasteiger partial charge in [0, 0.05) is 31.5 Å². The zero-order valence-corrected chi connectivity index (χ0v) is 17.4. The monoisotopic (exact) mass is 426 g/mol. The molecule has 1 aliphatic heterocycles. The van der Waals surface area contributed by atoms with Crippen LogP contribution in [0.25, 0.3) is 5.65 Å². The van der Waals surface area contributed by atoms with E-state index in [9.17, 15) is 19.1 Å². The number of anilines is 2. The summed E-state index contributed by atoms with van der Waals surface area (Å²) in [6.07, 6.45) is 3.12. The van der Waals surface area contributed by atoms with Crippen molar-refractivity contribution >= 4 is 28.8 Å². The van der Waals surface area contributed by atoms with E-state index in [0.717, 1.165) is 0 Å². The quantitative estimate of drug-likeness (QED) is 0.557. The maximum atomic E-state index is 14.3. The van der Waals surface area contributed by atoms with Crippen molar-refractivity contribution in [1.82, 2.24) is 19.5 Å². The van der Waals surface area contributed by atoms with E-state index in [4.69, 9.17) is 0 Å². The van der Waals surface area contributed by atoms with Gasteiger partial charge >= 0.3 is 0 Å². The molecule has 2 aromatic heterocycles. The summed E-state index contributed by atoms with van der Waals surface area (Å²) in [6.45, 7) is 2.71. The van der Waals surface area contributed by atoms with Gasteiger partial charge in [-0.25, -0.2) is 13.9 Å². The van der Waals surface area contributed by atoms with E-state index in [1.54, 1.807) is 37.6 Å². The van der Waals surface area contributed by atoms with Crippen molar-refractivity contribution in [3.05, 3.63) is 53.5 Å². The minimum atomic E-state index is -1.59. The van der Waals surface area contributed by atoms with Gasteiger partial charge in [-0.2, -0.15) is 5.10 Å². The molecule has 0 bridgehead atoms. The molecule has 3 N–H and O–H groups in total. The highest BCUT2D eigenvalue weighted by atomic mass is 19.1. The summed E-state index contributed by atoms with van der Waals surface area (Å²) in [7, 11) is 1.68. The molecule has 0 aliphatic carbocycles. The Morgan fingerprint density at radius 3 is 2.84 bits per heavy atom. The van der Waals surface area contributed by atoms with E-state index in [0.29, 0.717) is 33.7 Å². The third-order valence-electron chi connectivity index (χ3n) is 5.31. The largest absolute Gasteiger partial charge is 0.387 e. The van der Waals surface area contributed by atoms with Gasteiger partial charge in [-0.1, -0.05) is 0 Å². The predicted octanol–water partition coefficient (Wildman–Crippen LogP) is 2.09. The van der Waals surface area contributed by atoms with E-state index < -0.39 is 17.7 Å². The Morgan fingerprint density at radius 2 is 2.13 bits per heavy atom. The van der Waals surface area contributed by atoms with Gasteiger partial charge in [-0.05, 0) is 37.6 Å². The third-order valence-corrected chi connectivity index (χ3v) is 5.31. The summed E-state index contributed by atoms with van der Waals surface area (Å²) in [5, 5.41) is 19.8. The number of alkyl halides is 1. The Morgan fingerprint density at radius 1 is 1.35 bits per heavy atom. The van der Waals surface area contributed by atoms with Crippen LogP contribution in [0.4, 0.5) is 15.8 Å². The van der Waals surface area contributed by atoms with Crippen LogP contribution in [0, 0.1) is 0 Å². The minimum absolute atomic E-state index is 0.190. The number of benzene rings is 1. The lowest BCUT2D eigenvalue weighted by Gasteiger charge is -2.26. The summed E-state index contributed by atoms with van der Waals surface area (Å²) >= 11 is 0. The van der Waals surface area contributed by atoms with Crippen molar-refractivity contribution in [1.29, 1.82) is 0 Å². The zero-order chi connectivity index (χ0) is 22.3. The van der Waals surface area contributed by atoms with Crippen molar-refractivity contribution in [2.24, 2.45) is 0 Å². The number of carbonyl (C=O) groups is 2. The molecule has 0 saturated carbocycles. The molecule has 0 radical (unpaired) electrons. The predicted molar refractivity (Wildman–Crippen MR) is 113 cm³/mol. The van der Waals surface area contributed by atoms with Crippen LogP contribution >= 0.6 is 0 Å². The summed E-state index contributed by atoms with van der Waals surface area (Å²) in [4.78, 5) is 31.1. The number of hydrogen-bond acceptors (Lipinski definition) is 6. The Labute approximate surface area is 177 Å². The first-order chi connectivity index (χ1) is 14.7. The highest BCUT2D eigenvalue weighted by Crippen LogP contribution is 2.33. The molecule has 10 heteroatoms. The number of aromatic nitrogens is 3. The molecule has 2 amide bonds. The number of aliphatic hydroxyl groups is 1. The molecule has 4 rings (SSSR count). The van der Waals surface area contributed by atoms with E-state index in [2.05, 4.69) is 20.7 Å². The Kier molecular flexibility index (Phi) is 5.10. The topological polar surface area (TPSA) is 112 Å². The maximum Gasteiger partial charge on any atom is 0.261 e. The molecule has 9 nitrogen and oxygen atoms in total. The molecule has 0 fully saturated rings. The van der Waals surface area contributed by atoms with Crippen LogP contribution in [0.1, 0.15) is 40.1 Å². The molecular weight excluding hydrogens is 403 g/mol. The summed E-state index contributed by atoms with van der Waals surface area (Å²) in [6, 6.07) is 5.05. The Hall–Kier alpha value is -3.53. The van der Waals surface area contributed by atoms with Gasteiger partial charge in [-0.15, -0.1) is 0 Å². The molecule has 162 valence electrons. The van der Waals surface area contributed by atoms with E-state index in [1.807, 2.05) is 0 Å². The number of rotatable bonds is 6. The molecule has 1 aliphatic rings. The molecule has 1 unspecified atom stereocenters. The Bertz CT molecular complexity index is 1170. The highest BCUT2D eigenvalue weighted by Gasteiger charge is 2.35. The fourth-order valence-electron chi connectivity index (χ4n) is 3.47. The first-order valence-electron chi connectivity index (χ1n) is 9.79. The van der Waals surface area contributed by atoms with Crippen molar-refractivity contribution in [3.63, 3.8) is 0 Å². The van der Waals surface area contributed by atoms with E-state index >= 15 is 0 Å². The van der Waals surface area contributed by atoms with Gasteiger partial charge in [-0.3, -0.25) is 9.59 Å². The van der Waals surface area contributed by atoms with Crippen LogP contribution in [-0.2, 0) is 6.54 Å². The van der Waals surface area contributed by atoms with Gasteiger partial charge in [0.2, 0.25) is 0 Å². The van der Waals surface area contributed by atoms with Gasteiger partial charge < -0.3 is 20.6 Å². The number of fused-ring (bicyclic) bond motifs is 2. The van der Waals surface area contributed by atoms with Crippen molar-refractivity contribution in [3.8, 4) is 0 Å². The first kappa shape index (κ1) is 20.7. The van der Waals surface area contributed by atoms with E-state index in [-0.39, 0.29) is 19.0 Å². The first-order valence-corrected chi connectivity index (χ1v) is 9.79. The molecule has 1 atom stereocenters. The molecule has 0 saturated heterocycles. The fourth-order valence-corrected chi connectivity index (χ4v) is 3.47. The lowest BCUT2D eigenvalue weighted by atomic mass is 10.0. The standard InChI is InChI=1S/C21H23FN6O3/c1-21(2,31)17(22)11-27-10-12-7-16(15(23-3)8-13(12)20(27)30)26-19(29)14-9-25-28-6-4-5-24-18(14)28/h4-9,17,23,31H,10-11H2,1-3H3,(H,26,29). The highest BCUT2D eigenvalue weighted by molar-refractivity contribution is 6.10. The van der Waals surface area contributed by atoms with Crippen molar-refractivity contribution in [2.45, 2.75) is 32.2 Å². The fraction of sp³-hybridized carbons (Fsp3) is 0.333. The molecule has 0 spiro atoms. The lowest BCUT2D eigenvalue weighted by Crippen LogP contribution is -2.42. The average Bonchev–Trinajstić information content (AvgIpc) is 3.28. The number of hydrogen-bond donors (Lipinski definition) is 3. The van der Waals surface area contributed by atoms with Crippen LogP contribution < -0.4 is 10.6 Å². The number of nitrogens with one attached hydrogen (secondary N) is 2. The minimum Gasteiger partial charge on any atom is -0.387 e. The van der Waals surface area contributed by atoms with Gasteiger partial charge in [0.15, 0.2) is 5.65 Å². The number of carbonyl (C=O) groups excluding carboxylic acids is 2. The summed E-state index contributed by atoms with van der Waals surface area (Å²) < 4.78 is 15.8. The van der Waals surface area contributed by atoms with Crippen molar-refractivity contribution in [2.75, 3.05) is 24.2 Å².